The summed E-state index contributed by atoms with van der Waals surface area (Å²) in [7, 11) is 0. The van der Waals surface area contributed by atoms with Gasteiger partial charge >= 0.3 is 0 Å². The third-order valence-electron chi connectivity index (χ3n) is 1.99. The lowest BCUT2D eigenvalue weighted by atomic mass is 10.1. The third-order valence-corrected chi connectivity index (χ3v) is 3.17. The van der Waals surface area contributed by atoms with Crippen molar-refractivity contribution in [3.8, 4) is 11.3 Å². The van der Waals surface area contributed by atoms with E-state index in [4.69, 9.17) is 17.3 Å². The first-order chi connectivity index (χ1) is 6.68. The molecule has 0 saturated carbocycles. The molecule has 1 aromatic heterocycles. The van der Waals surface area contributed by atoms with E-state index in [1.165, 1.54) is 11.3 Å². The zero-order valence-corrected chi connectivity index (χ0v) is 9.19. The number of halogens is 1. The molecule has 0 saturated heterocycles. The van der Waals surface area contributed by atoms with Gasteiger partial charge < -0.3 is 5.73 Å². The topological polar surface area (TPSA) is 38.9 Å². The van der Waals surface area contributed by atoms with Gasteiger partial charge in [0.15, 0.2) is 5.13 Å². The number of aromatic nitrogens is 1. The maximum Gasteiger partial charge on any atom is 0.180 e. The lowest BCUT2D eigenvalue weighted by Gasteiger charge is -2.02. The lowest BCUT2D eigenvalue weighted by molar-refractivity contribution is 1.39. The van der Waals surface area contributed by atoms with Crippen molar-refractivity contribution < 1.29 is 0 Å². The van der Waals surface area contributed by atoms with Crippen LogP contribution in [0, 0.1) is 6.92 Å². The Kier molecular flexibility index (Phi) is 2.44. The molecular weight excluding hydrogens is 216 g/mol. The first-order valence-corrected chi connectivity index (χ1v) is 5.41. The molecule has 0 radical (unpaired) electrons. The molecule has 2 N–H and O–H groups in total. The summed E-state index contributed by atoms with van der Waals surface area (Å²) in [6.07, 6.45) is 0. The molecule has 0 unspecified atom stereocenters. The van der Waals surface area contributed by atoms with E-state index < -0.39 is 0 Å². The molecule has 0 aliphatic heterocycles. The highest BCUT2D eigenvalue weighted by Gasteiger charge is 2.07. The molecular formula is C10H9ClN2S. The first kappa shape index (κ1) is 9.49. The normalized spacial score (nSPS) is 10.4. The van der Waals surface area contributed by atoms with Gasteiger partial charge in [0.05, 0.1) is 10.7 Å². The van der Waals surface area contributed by atoms with Gasteiger partial charge in [-0.05, 0) is 12.5 Å². The van der Waals surface area contributed by atoms with Crippen LogP contribution in [-0.4, -0.2) is 4.98 Å². The van der Waals surface area contributed by atoms with Crippen LogP contribution in [0.5, 0.6) is 0 Å². The second-order valence-electron chi connectivity index (χ2n) is 3.01. The minimum absolute atomic E-state index is 0.567. The molecule has 0 fully saturated rings. The van der Waals surface area contributed by atoms with Crippen LogP contribution in [-0.2, 0) is 0 Å². The predicted molar refractivity (Wildman–Crippen MR) is 61.7 cm³/mol. The Labute approximate surface area is 91.4 Å². The van der Waals surface area contributed by atoms with Gasteiger partial charge in [0, 0.05) is 10.9 Å². The van der Waals surface area contributed by atoms with Crippen LogP contribution in [0.25, 0.3) is 11.3 Å². The summed E-state index contributed by atoms with van der Waals surface area (Å²) in [6, 6.07) is 5.89. The van der Waals surface area contributed by atoms with Crippen LogP contribution >= 0.6 is 22.9 Å². The molecule has 14 heavy (non-hydrogen) atoms. The van der Waals surface area contributed by atoms with Crippen molar-refractivity contribution in [2.45, 2.75) is 6.92 Å². The fourth-order valence-corrected chi connectivity index (χ4v) is 2.04. The molecule has 2 aromatic rings. The van der Waals surface area contributed by atoms with E-state index in [0.29, 0.717) is 5.13 Å². The van der Waals surface area contributed by atoms with Crippen LogP contribution in [0.1, 0.15) is 5.56 Å². The Morgan fingerprint density at radius 1 is 1.43 bits per heavy atom. The average Bonchev–Trinajstić information content (AvgIpc) is 2.57. The zero-order chi connectivity index (χ0) is 10.1. The molecule has 72 valence electrons. The summed E-state index contributed by atoms with van der Waals surface area (Å²) in [5.74, 6) is 0. The summed E-state index contributed by atoms with van der Waals surface area (Å²) in [5, 5.41) is 3.23. The highest BCUT2D eigenvalue weighted by molar-refractivity contribution is 7.13. The summed E-state index contributed by atoms with van der Waals surface area (Å²) >= 11 is 7.58. The van der Waals surface area contributed by atoms with E-state index in [0.717, 1.165) is 21.8 Å². The van der Waals surface area contributed by atoms with Gasteiger partial charge in [-0.15, -0.1) is 11.3 Å². The van der Waals surface area contributed by atoms with Gasteiger partial charge in [-0.25, -0.2) is 4.98 Å². The predicted octanol–water partition coefficient (Wildman–Crippen LogP) is 3.35. The second kappa shape index (κ2) is 3.59. The Balaban J connectivity index is 2.57. The molecule has 0 aliphatic rings. The lowest BCUT2D eigenvalue weighted by Crippen LogP contribution is -1.85. The number of nitrogen functional groups attached to an aromatic ring is 1. The van der Waals surface area contributed by atoms with Crippen molar-refractivity contribution in [3.63, 3.8) is 0 Å². The fraction of sp³-hybridized carbons (Fsp3) is 0.100. The number of aryl methyl sites for hydroxylation is 1. The number of anilines is 1. The average molecular weight is 225 g/mol. The summed E-state index contributed by atoms with van der Waals surface area (Å²) < 4.78 is 0. The van der Waals surface area contributed by atoms with E-state index in [2.05, 4.69) is 4.98 Å². The molecule has 0 bridgehead atoms. The number of nitrogens with zero attached hydrogens (tertiary/aromatic N) is 1. The van der Waals surface area contributed by atoms with E-state index in [1.54, 1.807) is 0 Å². The zero-order valence-electron chi connectivity index (χ0n) is 7.62. The molecule has 0 spiro atoms. The third kappa shape index (κ3) is 1.61. The number of thiazole rings is 1. The van der Waals surface area contributed by atoms with Crippen LogP contribution < -0.4 is 5.73 Å². The Morgan fingerprint density at radius 3 is 2.86 bits per heavy atom. The number of nitrogens with two attached hydrogens (primary N) is 1. The second-order valence-corrected chi connectivity index (χ2v) is 4.28. The molecule has 0 aliphatic carbocycles. The molecule has 2 rings (SSSR count). The summed E-state index contributed by atoms with van der Waals surface area (Å²) in [4.78, 5) is 4.19. The molecule has 2 nitrogen and oxygen atoms in total. The number of hydrogen-bond acceptors (Lipinski definition) is 3. The van der Waals surface area contributed by atoms with Crippen molar-refractivity contribution >= 4 is 28.1 Å². The smallest absolute Gasteiger partial charge is 0.180 e. The number of rotatable bonds is 1. The molecule has 1 aromatic carbocycles. The Morgan fingerprint density at radius 2 is 2.21 bits per heavy atom. The van der Waals surface area contributed by atoms with Crippen molar-refractivity contribution in [3.05, 3.63) is 34.2 Å². The monoisotopic (exact) mass is 224 g/mol. The summed E-state index contributed by atoms with van der Waals surface area (Å²) in [5.41, 5.74) is 8.41. The minimum Gasteiger partial charge on any atom is -0.375 e. The van der Waals surface area contributed by atoms with Gasteiger partial charge in [-0.3, -0.25) is 0 Å². The highest BCUT2D eigenvalue weighted by Crippen LogP contribution is 2.31. The standard InChI is InChI=1S/C10H9ClN2S/c1-6-3-2-4-7(9(6)11)8-5-14-10(12)13-8/h2-5H,1H3,(H2,12,13). The van der Waals surface area contributed by atoms with Gasteiger partial charge in [0.25, 0.3) is 0 Å². The molecule has 4 heteroatoms. The number of benzene rings is 1. The minimum atomic E-state index is 0.567. The van der Waals surface area contributed by atoms with Crippen LogP contribution in [0.2, 0.25) is 5.02 Å². The SMILES string of the molecule is Cc1cccc(-c2csc(N)n2)c1Cl. The highest BCUT2D eigenvalue weighted by atomic mass is 35.5. The first-order valence-electron chi connectivity index (χ1n) is 4.15. The van der Waals surface area contributed by atoms with Crippen LogP contribution in [0.4, 0.5) is 5.13 Å². The van der Waals surface area contributed by atoms with E-state index in [1.807, 2.05) is 30.5 Å². The van der Waals surface area contributed by atoms with Gasteiger partial charge in [0.2, 0.25) is 0 Å². The Bertz CT molecular complexity index is 465. The molecule has 1 heterocycles. The summed E-state index contributed by atoms with van der Waals surface area (Å²) in [6.45, 7) is 1.97. The quantitative estimate of drug-likeness (QED) is 0.807. The van der Waals surface area contributed by atoms with Crippen molar-refractivity contribution in [2.75, 3.05) is 5.73 Å². The van der Waals surface area contributed by atoms with Gasteiger partial charge in [-0.1, -0.05) is 29.8 Å². The van der Waals surface area contributed by atoms with Crippen molar-refractivity contribution in [2.24, 2.45) is 0 Å². The maximum atomic E-state index is 6.16. The largest absolute Gasteiger partial charge is 0.375 e. The number of hydrogen-bond donors (Lipinski definition) is 1. The van der Waals surface area contributed by atoms with E-state index in [-0.39, 0.29) is 0 Å². The maximum absolute atomic E-state index is 6.16. The fourth-order valence-electron chi connectivity index (χ4n) is 1.26. The van der Waals surface area contributed by atoms with Gasteiger partial charge in [-0.2, -0.15) is 0 Å². The molecule has 0 amide bonds. The van der Waals surface area contributed by atoms with Crippen LogP contribution in [0.3, 0.4) is 0 Å². The molecule has 0 atom stereocenters. The van der Waals surface area contributed by atoms with Gasteiger partial charge in [0.1, 0.15) is 0 Å². The van der Waals surface area contributed by atoms with Crippen molar-refractivity contribution in [1.82, 2.24) is 4.98 Å². The van der Waals surface area contributed by atoms with Crippen molar-refractivity contribution in [1.29, 1.82) is 0 Å². The van der Waals surface area contributed by atoms with E-state index >= 15 is 0 Å². The Hall–Kier alpha value is -1.06. The van der Waals surface area contributed by atoms with E-state index in [9.17, 15) is 0 Å². The van der Waals surface area contributed by atoms with Crippen LogP contribution in [0.15, 0.2) is 23.6 Å².